The number of nitrogens with zero attached hydrogens (tertiary/aromatic N) is 2. The van der Waals surface area contributed by atoms with Crippen molar-refractivity contribution in [3.8, 4) is 0 Å². The van der Waals surface area contributed by atoms with Crippen LogP contribution in [-0.2, 0) is 25.7 Å². The van der Waals surface area contributed by atoms with Crippen LogP contribution < -0.4 is 5.32 Å². The molecule has 1 aliphatic carbocycles. The van der Waals surface area contributed by atoms with Gasteiger partial charge in [-0.3, -0.25) is 24.1 Å². The molecule has 31 heavy (non-hydrogen) atoms. The predicted molar refractivity (Wildman–Crippen MR) is 117 cm³/mol. The minimum Gasteiger partial charge on any atom is -0.355 e. The van der Waals surface area contributed by atoms with Gasteiger partial charge in [0, 0.05) is 31.1 Å². The zero-order valence-electron chi connectivity index (χ0n) is 17.8. The highest BCUT2D eigenvalue weighted by molar-refractivity contribution is 6.31. The smallest absolute Gasteiger partial charge is 0.242 e. The van der Waals surface area contributed by atoms with E-state index in [-0.39, 0.29) is 55.0 Å². The standard InChI is InChI=1S/C23H28ClN3O4/c1-3-25-21(29)15(2)27(14-16-8-4-7-11-19(16)24)20(28)12-13-26-22(30)17-9-5-6-10-18(17)23(26)31/h4-8,11,15,17-18H,3,9-10,12-14H2,1-2H3,(H,25,29)/t15-,17-,18+/m0/s1. The number of fused-ring (bicyclic) bond motifs is 1. The number of nitrogens with one attached hydrogen (secondary N) is 1. The molecule has 4 amide bonds. The maximum Gasteiger partial charge on any atom is 0.242 e. The van der Waals surface area contributed by atoms with Gasteiger partial charge in [0.15, 0.2) is 0 Å². The van der Waals surface area contributed by atoms with Crippen LogP contribution in [0.1, 0.15) is 38.7 Å². The highest BCUT2D eigenvalue weighted by Gasteiger charge is 2.47. The molecule has 8 heteroatoms. The Labute approximate surface area is 187 Å². The summed E-state index contributed by atoms with van der Waals surface area (Å²) in [5, 5.41) is 3.24. The summed E-state index contributed by atoms with van der Waals surface area (Å²) in [5.74, 6) is -1.63. The van der Waals surface area contributed by atoms with E-state index in [4.69, 9.17) is 11.6 Å². The number of benzene rings is 1. The van der Waals surface area contributed by atoms with Crippen molar-refractivity contribution in [3.63, 3.8) is 0 Å². The number of hydrogen-bond acceptors (Lipinski definition) is 4. The lowest BCUT2D eigenvalue weighted by molar-refractivity contribution is -0.143. The van der Waals surface area contributed by atoms with E-state index in [2.05, 4.69) is 5.32 Å². The van der Waals surface area contributed by atoms with Crippen molar-refractivity contribution in [3.05, 3.63) is 47.0 Å². The van der Waals surface area contributed by atoms with Gasteiger partial charge >= 0.3 is 0 Å². The molecule has 7 nitrogen and oxygen atoms in total. The van der Waals surface area contributed by atoms with Gasteiger partial charge in [0.25, 0.3) is 0 Å². The average Bonchev–Trinajstić information content (AvgIpc) is 3.01. The van der Waals surface area contributed by atoms with E-state index in [1.165, 1.54) is 9.80 Å². The molecule has 0 bridgehead atoms. The molecule has 0 spiro atoms. The molecule has 1 fully saturated rings. The zero-order chi connectivity index (χ0) is 22.5. The monoisotopic (exact) mass is 445 g/mol. The van der Waals surface area contributed by atoms with Crippen molar-refractivity contribution in [2.24, 2.45) is 11.8 Å². The number of allylic oxidation sites excluding steroid dienone is 2. The molecule has 0 unspecified atom stereocenters. The minimum atomic E-state index is -0.722. The maximum atomic E-state index is 13.1. The van der Waals surface area contributed by atoms with Crippen LogP contribution in [0.3, 0.4) is 0 Å². The fraction of sp³-hybridized carbons (Fsp3) is 0.478. The highest BCUT2D eigenvalue weighted by Crippen LogP contribution is 2.35. The van der Waals surface area contributed by atoms with Gasteiger partial charge in [-0.25, -0.2) is 0 Å². The summed E-state index contributed by atoms with van der Waals surface area (Å²) < 4.78 is 0. The lowest BCUT2D eigenvalue weighted by atomic mass is 9.85. The molecular formula is C23H28ClN3O4. The van der Waals surface area contributed by atoms with Crippen LogP contribution in [0.4, 0.5) is 0 Å². The van der Waals surface area contributed by atoms with Gasteiger partial charge in [-0.2, -0.15) is 0 Å². The second kappa shape index (κ2) is 10.1. The zero-order valence-corrected chi connectivity index (χ0v) is 18.6. The molecule has 1 saturated heterocycles. The van der Waals surface area contributed by atoms with E-state index in [1.807, 2.05) is 25.1 Å². The summed E-state index contributed by atoms with van der Waals surface area (Å²) >= 11 is 6.27. The lowest BCUT2D eigenvalue weighted by Gasteiger charge is -2.29. The van der Waals surface area contributed by atoms with Crippen LogP contribution in [0.15, 0.2) is 36.4 Å². The third-order valence-corrected chi connectivity index (χ3v) is 6.33. The van der Waals surface area contributed by atoms with Crippen molar-refractivity contribution >= 4 is 35.2 Å². The van der Waals surface area contributed by atoms with E-state index in [0.717, 1.165) is 5.56 Å². The molecule has 3 rings (SSSR count). The predicted octanol–water partition coefficient (Wildman–Crippen LogP) is 2.53. The topological polar surface area (TPSA) is 86.8 Å². The average molecular weight is 446 g/mol. The van der Waals surface area contributed by atoms with Crippen LogP contribution in [0, 0.1) is 11.8 Å². The quantitative estimate of drug-likeness (QED) is 0.492. The first-order chi connectivity index (χ1) is 14.8. The van der Waals surface area contributed by atoms with Gasteiger partial charge in [-0.05, 0) is 38.3 Å². The maximum absolute atomic E-state index is 13.1. The number of rotatable bonds is 8. The molecule has 1 N–H and O–H groups in total. The molecule has 166 valence electrons. The summed E-state index contributed by atoms with van der Waals surface area (Å²) in [4.78, 5) is 53.6. The molecule has 1 aromatic rings. The van der Waals surface area contributed by atoms with E-state index in [9.17, 15) is 19.2 Å². The van der Waals surface area contributed by atoms with E-state index in [1.54, 1.807) is 25.1 Å². The van der Waals surface area contributed by atoms with E-state index in [0.29, 0.717) is 24.4 Å². The largest absolute Gasteiger partial charge is 0.355 e. The van der Waals surface area contributed by atoms with Crippen LogP contribution in [0.2, 0.25) is 5.02 Å². The number of hydrogen-bond donors (Lipinski definition) is 1. The highest BCUT2D eigenvalue weighted by atomic mass is 35.5. The molecular weight excluding hydrogens is 418 g/mol. The second-order valence-electron chi connectivity index (χ2n) is 7.92. The molecule has 3 atom stereocenters. The molecule has 1 aliphatic heterocycles. The Kier molecular flexibility index (Phi) is 7.49. The summed E-state index contributed by atoms with van der Waals surface area (Å²) in [7, 11) is 0. The van der Waals surface area contributed by atoms with Gasteiger partial charge < -0.3 is 10.2 Å². The molecule has 1 aromatic carbocycles. The second-order valence-corrected chi connectivity index (χ2v) is 8.32. The molecule has 2 aliphatic rings. The van der Waals surface area contributed by atoms with E-state index >= 15 is 0 Å². The molecule has 0 aromatic heterocycles. The van der Waals surface area contributed by atoms with Crippen molar-refractivity contribution in [2.45, 2.75) is 45.7 Å². The number of amides is 4. The molecule has 1 heterocycles. The minimum absolute atomic E-state index is 0.0185. The Balaban J connectivity index is 1.72. The van der Waals surface area contributed by atoms with Crippen molar-refractivity contribution in [1.82, 2.24) is 15.1 Å². The Morgan fingerprint density at radius 3 is 2.35 bits per heavy atom. The summed E-state index contributed by atoms with van der Waals surface area (Å²) in [6, 6.07) is 6.43. The first-order valence-corrected chi connectivity index (χ1v) is 11.0. The van der Waals surface area contributed by atoms with E-state index < -0.39 is 6.04 Å². The molecule has 0 saturated carbocycles. The SMILES string of the molecule is CCNC(=O)[C@H](C)N(Cc1ccccc1Cl)C(=O)CCN1C(=O)[C@H]2CC=CC[C@H]2C1=O. The van der Waals surface area contributed by atoms with Crippen molar-refractivity contribution < 1.29 is 19.2 Å². The summed E-state index contributed by atoms with van der Waals surface area (Å²) in [6.45, 7) is 4.10. The molecule has 0 radical (unpaired) electrons. The summed E-state index contributed by atoms with van der Waals surface area (Å²) in [5.41, 5.74) is 0.721. The van der Waals surface area contributed by atoms with Crippen LogP contribution >= 0.6 is 11.6 Å². The van der Waals surface area contributed by atoms with Gasteiger partial charge in [-0.1, -0.05) is 42.0 Å². The fourth-order valence-corrected chi connectivity index (χ4v) is 4.35. The third-order valence-electron chi connectivity index (χ3n) is 5.96. The summed E-state index contributed by atoms with van der Waals surface area (Å²) in [6.07, 6.45) is 4.94. The fourth-order valence-electron chi connectivity index (χ4n) is 4.16. The van der Waals surface area contributed by atoms with Crippen molar-refractivity contribution in [2.75, 3.05) is 13.1 Å². The number of likely N-dealkylation sites (N-methyl/N-ethyl adjacent to an activating group) is 1. The van der Waals surface area contributed by atoms with Gasteiger partial charge in [0.2, 0.25) is 23.6 Å². The Morgan fingerprint density at radius 1 is 1.16 bits per heavy atom. The first kappa shape index (κ1) is 23.0. The van der Waals surface area contributed by atoms with Gasteiger partial charge in [0.1, 0.15) is 6.04 Å². The lowest BCUT2D eigenvalue weighted by Crippen LogP contribution is -2.48. The Morgan fingerprint density at radius 2 is 1.77 bits per heavy atom. The van der Waals surface area contributed by atoms with Crippen LogP contribution in [0.25, 0.3) is 0 Å². The number of halogens is 1. The number of carbonyl (C=O) groups excluding carboxylic acids is 4. The van der Waals surface area contributed by atoms with Crippen LogP contribution in [0.5, 0.6) is 0 Å². The number of imide groups is 1. The van der Waals surface area contributed by atoms with Crippen LogP contribution in [-0.4, -0.2) is 52.6 Å². The van der Waals surface area contributed by atoms with Gasteiger partial charge in [0.05, 0.1) is 11.8 Å². The Hall–Kier alpha value is -2.67. The number of carbonyl (C=O) groups is 4. The normalized spacial score (nSPS) is 21.1. The van der Waals surface area contributed by atoms with Gasteiger partial charge in [-0.15, -0.1) is 0 Å². The Bertz CT molecular complexity index is 875. The van der Waals surface area contributed by atoms with Crippen molar-refractivity contribution in [1.29, 1.82) is 0 Å². The number of likely N-dealkylation sites (tertiary alicyclic amines) is 1. The third kappa shape index (κ3) is 4.98. The first-order valence-electron chi connectivity index (χ1n) is 10.7.